The van der Waals surface area contributed by atoms with Gasteiger partial charge in [-0.15, -0.1) is 24.0 Å². The second-order valence-electron chi connectivity index (χ2n) is 6.72. The molecule has 0 saturated carbocycles. The van der Waals surface area contributed by atoms with E-state index in [2.05, 4.69) is 30.2 Å². The van der Waals surface area contributed by atoms with E-state index in [1.165, 1.54) is 0 Å². The second kappa shape index (κ2) is 13.8. The Morgan fingerprint density at radius 3 is 2.79 bits per heavy atom. The molecule has 1 aromatic carbocycles. The molecule has 7 nitrogen and oxygen atoms in total. The normalized spacial score (nSPS) is 16.9. The van der Waals surface area contributed by atoms with Crippen LogP contribution in [-0.2, 0) is 4.74 Å². The molecule has 0 amide bonds. The van der Waals surface area contributed by atoms with E-state index in [9.17, 15) is 8.78 Å². The number of guanidine groups is 1. The number of nitrogens with zero attached hydrogens (tertiary/aromatic N) is 3. The zero-order valence-corrected chi connectivity index (χ0v) is 19.6. The number of halogens is 3. The van der Waals surface area contributed by atoms with Crippen LogP contribution in [-0.4, -0.2) is 84.0 Å². The first-order valence-electron chi connectivity index (χ1n) is 9.47. The van der Waals surface area contributed by atoms with Crippen molar-refractivity contribution in [1.82, 2.24) is 15.5 Å². The van der Waals surface area contributed by atoms with Crippen molar-refractivity contribution >= 4 is 35.6 Å². The van der Waals surface area contributed by atoms with E-state index in [4.69, 9.17) is 4.74 Å². The van der Waals surface area contributed by atoms with Gasteiger partial charge in [0.1, 0.15) is 5.75 Å². The van der Waals surface area contributed by atoms with E-state index in [0.29, 0.717) is 18.8 Å². The number of rotatable bonds is 10. The predicted molar refractivity (Wildman–Crippen MR) is 123 cm³/mol. The Morgan fingerprint density at radius 1 is 1.34 bits per heavy atom. The summed E-state index contributed by atoms with van der Waals surface area (Å²) >= 11 is 0. The maximum atomic E-state index is 12.6. The molecule has 2 N–H and O–H groups in total. The third-order valence-corrected chi connectivity index (χ3v) is 4.64. The Hall–Kier alpha value is -1.40. The fourth-order valence-corrected chi connectivity index (χ4v) is 3.12. The fourth-order valence-electron chi connectivity index (χ4n) is 3.12. The van der Waals surface area contributed by atoms with Crippen LogP contribution >= 0.6 is 24.0 Å². The minimum absolute atomic E-state index is 0. The van der Waals surface area contributed by atoms with Crippen LogP contribution in [0.1, 0.15) is 6.42 Å². The Labute approximate surface area is 188 Å². The van der Waals surface area contributed by atoms with Crippen LogP contribution in [0.2, 0.25) is 0 Å². The van der Waals surface area contributed by atoms with Crippen molar-refractivity contribution < 1.29 is 18.3 Å². The Morgan fingerprint density at radius 2 is 2.10 bits per heavy atom. The Kier molecular flexibility index (Phi) is 12.2. The minimum atomic E-state index is -2.83. The number of ether oxygens (including phenoxy) is 2. The molecule has 1 aliphatic rings. The molecule has 2 rings (SSSR count). The first-order valence-corrected chi connectivity index (χ1v) is 9.47. The zero-order valence-electron chi connectivity index (χ0n) is 17.2. The van der Waals surface area contributed by atoms with Gasteiger partial charge in [-0.05, 0) is 25.6 Å². The van der Waals surface area contributed by atoms with Gasteiger partial charge in [0.2, 0.25) is 0 Å². The number of benzene rings is 1. The number of para-hydroxylation sites is 2. The quantitative estimate of drug-likeness (QED) is 0.277. The monoisotopic (exact) mass is 527 g/mol. The first-order chi connectivity index (χ1) is 13.5. The zero-order chi connectivity index (χ0) is 20.4. The molecule has 0 spiro atoms. The molecule has 0 aromatic heterocycles. The van der Waals surface area contributed by atoms with Gasteiger partial charge in [-0.2, -0.15) is 8.78 Å². The maximum absolute atomic E-state index is 12.6. The third-order valence-electron chi connectivity index (χ3n) is 4.64. The van der Waals surface area contributed by atoms with Crippen LogP contribution in [0.3, 0.4) is 0 Å². The van der Waals surface area contributed by atoms with Gasteiger partial charge in [-0.25, -0.2) is 0 Å². The number of hydrogen-bond donors (Lipinski definition) is 2. The van der Waals surface area contributed by atoms with Gasteiger partial charge in [0.15, 0.2) is 5.96 Å². The highest BCUT2D eigenvalue weighted by Gasteiger charge is 2.26. The predicted octanol–water partition coefficient (Wildman–Crippen LogP) is 2.23. The molecule has 0 aliphatic carbocycles. The van der Waals surface area contributed by atoms with Crippen molar-refractivity contribution in [2.45, 2.75) is 19.1 Å². The van der Waals surface area contributed by atoms with Gasteiger partial charge in [-0.1, -0.05) is 12.1 Å². The summed E-state index contributed by atoms with van der Waals surface area (Å²) in [6.07, 6.45) is 0.886. The lowest BCUT2D eigenvalue weighted by Gasteiger charge is -2.23. The molecule has 1 atom stereocenters. The molecule has 1 fully saturated rings. The Balaban J connectivity index is 0.00000420. The number of methoxy groups -OCH3 is 1. The molecule has 166 valence electrons. The molecule has 1 heterocycles. The summed E-state index contributed by atoms with van der Waals surface area (Å²) in [5.74, 6) is 0.948. The van der Waals surface area contributed by atoms with Gasteiger partial charge in [0.05, 0.1) is 12.3 Å². The smallest absolute Gasteiger partial charge is 0.387 e. The van der Waals surface area contributed by atoms with Gasteiger partial charge >= 0.3 is 6.61 Å². The molecule has 10 heteroatoms. The van der Waals surface area contributed by atoms with Crippen molar-refractivity contribution in [3.63, 3.8) is 0 Å². The molecule has 29 heavy (non-hydrogen) atoms. The molecule has 1 aromatic rings. The molecule has 0 bridgehead atoms. The summed E-state index contributed by atoms with van der Waals surface area (Å²) < 4.78 is 35.0. The number of hydrogen-bond acceptors (Lipinski definition) is 5. The number of alkyl halides is 2. The van der Waals surface area contributed by atoms with E-state index in [1.807, 2.05) is 19.2 Å². The molecule has 0 radical (unpaired) electrons. The highest BCUT2D eigenvalue weighted by molar-refractivity contribution is 14.0. The highest BCUT2D eigenvalue weighted by Crippen LogP contribution is 2.31. The van der Waals surface area contributed by atoms with Crippen LogP contribution < -0.4 is 20.3 Å². The van der Waals surface area contributed by atoms with Crippen molar-refractivity contribution in [3.8, 4) is 5.75 Å². The van der Waals surface area contributed by atoms with E-state index in [0.717, 1.165) is 38.6 Å². The van der Waals surface area contributed by atoms with Gasteiger partial charge in [0, 0.05) is 52.9 Å². The van der Waals surface area contributed by atoms with Crippen LogP contribution in [0, 0.1) is 0 Å². The molecule has 1 saturated heterocycles. The van der Waals surface area contributed by atoms with Gasteiger partial charge < -0.3 is 29.9 Å². The summed E-state index contributed by atoms with van der Waals surface area (Å²) in [5.41, 5.74) is 0.690. The van der Waals surface area contributed by atoms with Crippen LogP contribution in [0.25, 0.3) is 0 Å². The lowest BCUT2D eigenvalue weighted by Crippen LogP contribution is -2.46. The number of anilines is 1. The Bertz CT molecular complexity index is 624. The topological polar surface area (TPSA) is 61.4 Å². The largest absolute Gasteiger partial charge is 0.433 e. The summed E-state index contributed by atoms with van der Waals surface area (Å²) in [7, 11) is 5.48. The molecular formula is C19H32F2IN5O2. The average Bonchev–Trinajstić information content (AvgIpc) is 3.13. The van der Waals surface area contributed by atoms with Crippen molar-refractivity contribution in [3.05, 3.63) is 24.3 Å². The van der Waals surface area contributed by atoms with Crippen molar-refractivity contribution in [2.75, 3.05) is 65.4 Å². The summed E-state index contributed by atoms with van der Waals surface area (Å²) in [6.45, 7) is 1.85. The van der Waals surface area contributed by atoms with Crippen LogP contribution in [0.15, 0.2) is 29.3 Å². The van der Waals surface area contributed by atoms with E-state index in [-0.39, 0.29) is 35.8 Å². The fraction of sp³-hybridized carbons (Fsp3) is 0.632. The standard InChI is InChI=1S/C19H31F2N5O2.HI/c1-22-19(23-9-11-25(2)12-13-27-3)24-15-8-10-26(14-15)16-6-4-5-7-17(16)28-18(20)21;/h4-7,15,18H,8-14H2,1-3H3,(H2,22,23,24);1H. The third kappa shape index (κ3) is 8.87. The molecule has 1 aliphatic heterocycles. The van der Waals surface area contributed by atoms with Crippen LogP contribution in [0.4, 0.5) is 14.5 Å². The summed E-state index contributed by atoms with van der Waals surface area (Å²) in [6, 6.07) is 7.08. The molecule has 1 unspecified atom stereocenters. The maximum Gasteiger partial charge on any atom is 0.387 e. The summed E-state index contributed by atoms with van der Waals surface area (Å²) in [5, 5.41) is 6.72. The van der Waals surface area contributed by atoms with Crippen molar-refractivity contribution in [2.24, 2.45) is 4.99 Å². The summed E-state index contributed by atoms with van der Waals surface area (Å²) in [4.78, 5) is 8.51. The van der Waals surface area contributed by atoms with Gasteiger partial charge in [0.25, 0.3) is 0 Å². The van der Waals surface area contributed by atoms with Crippen molar-refractivity contribution in [1.29, 1.82) is 0 Å². The van der Waals surface area contributed by atoms with Crippen LogP contribution in [0.5, 0.6) is 5.75 Å². The SMILES string of the molecule is CN=C(NCCN(C)CCOC)NC1CCN(c2ccccc2OC(F)F)C1.I. The number of aliphatic imine (C=N–C) groups is 1. The highest BCUT2D eigenvalue weighted by atomic mass is 127. The van der Waals surface area contributed by atoms with E-state index >= 15 is 0 Å². The lowest BCUT2D eigenvalue weighted by atomic mass is 10.2. The lowest BCUT2D eigenvalue weighted by molar-refractivity contribution is -0.0495. The van der Waals surface area contributed by atoms with E-state index in [1.54, 1.807) is 26.3 Å². The minimum Gasteiger partial charge on any atom is -0.433 e. The average molecular weight is 527 g/mol. The van der Waals surface area contributed by atoms with Gasteiger partial charge in [-0.3, -0.25) is 4.99 Å². The number of likely N-dealkylation sites (N-methyl/N-ethyl adjacent to an activating group) is 1. The van der Waals surface area contributed by atoms with E-state index < -0.39 is 6.61 Å². The first kappa shape index (κ1) is 25.6. The molecular weight excluding hydrogens is 495 g/mol. The second-order valence-corrected chi connectivity index (χ2v) is 6.72. The number of nitrogens with one attached hydrogen (secondary N) is 2.